The van der Waals surface area contributed by atoms with E-state index in [1.165, 1.54) is 5.56 Å². The summed E-state index contributed by atoms with van der Waals surface area (Å²) in [5.74, 6) is 0.0576. The lowest BCUT2D eigenvalue weighted by molar-refractivity contribution is 0.101. The molecule has 2 N–H and O–H groups in total. The van der Waals surface area contributed by atoms with Crippen molar-refractivity contribution in [3.8, 4) is 0 Å². The van der Waals surface area contributed by atoms with E-state index in [-0.39, 0.29) is 11.7 Å². The van der Waals surface area contributed by atoms with Gasteiger partial charge in [0, 0.05) is 24.8 Å². The molecule has 92 valence electrons. The summed E-state index contributed by atoms with van der Waals surface area (Å²) in [7, 11) is 0. The summed E-state index contributed by atoms with van der Waals surface area (Å²) in [6.45, 7) is 2.58. The third kappa shape index (κ3) is 1.92. The SMILES string of the molecule is Cc1nc(C(=O)Nc2ccc3c(c2)CCN3)no1. The molecule has 1 aromatic heterocycles. The van der Waals surface area contributed by atoms with Crippen LogP contribution < -0.4 is 10.6 Å². The van der Waals surface area contributed by atoms with Gasteiger partial charge in [0.05, 0.1) is 0 Å². The van der Waals surface area contributed by atoms with Crippen molar-refractivity contribution >= 4 is 17.3 Å². The molecule has 0 aliphatic carbocycles. The van der Waals surface area contributed by atoms with Gasteiger partial charge >= 0.3 is 0 Å². The Kier molecular flexibility index (Phi) is 2.47. The number of nitrogens with zero attached hydrogens (tertiary/aromatic N) is 2. The summed E-state index contributed by atoms with van der Waals surface area (Å²) >= 11 is 0. The molecule has 0 bridgehead atoms. The van der Waals surface area contributed by atoms with Gasteiger partial charge in [-0.05, 0) is 30.2 Å². The fourth-order valence-electron chi connectivity index (χ4n) is 1.96. The van der Waals surface area contributed by atoms with Gasteiger partial charge in [0.25, 0.3) is 11.7 Å². The molecule has 6 heteroatoms. The van der Waals surface area contributed by atoms with Crippen molar-refractivity contribution in [1.82, 2.24) is 10.1 Å². The standard InChI is InChI=1S/C12H12N4O2/c1-7-14-11(16-18-7)12(17)15-9-2-3-10-8(6-9)4-5-13-10/h2-3,6,13H,4-5H2,1H3,(H,15,17). The van der Waals surface area contributed by atoms with Gasteiger partial charge in [0.1, 0.15) is 0 Å². The number of rotatable bonds is 2. The van der Waals surface area contributed by atoms with Gasteiger partial charge in [-0.15, -0.1) is 0 Å². The predicted octanol–water partition coefficient (Wildman–Crippen LogP) is 1.60. The van der Waals surface area contributed by atoms with Crippen LogP contribution in [0.25, 0.3) is 0 Å². The molecule has 0 saturated heterocycles. The number of aromatic nitrogens is 2. The van der Waals surface area contributed by atoms with Crippen molar-refractivity contribution in [2.45, 2.75) is 13.3 Å². The third-order valence-electron chi connectivity index (χ3n) is 2.80. The average Bonchev–Trinajstić information content (AvgIpc) is 2.96. The molecule has 6 nitrogen and oxygen atoms in total. The summed E-state index contributed by atoms with van der Waals surface area (Å²) in [4.78, 5) is 15.7. The maximum absolute atomic E-state index is 11.8. The molecule has 0 saturated carbocycles. The molecular formula is C12H12N4O2. The van der Waals surface area contributed by atoms with E-state index >= 15 is 0 Å². The van der Waals surface area contributed by atoms with E-state index in [0.29, 0.717) is 5.89 Å². The largest absolute Gasteiger partial charge is 0.384 e. The van der Waals surface area contributed by atoms with Crippen molar-refractivity contribution in [2.24, 2.45) is 0 Å². The van der Waals surface area contributed by atoms with Gasteiger partial charge in [-0.3, -0.25) is 4.79 Å². The Morgan fingerprint density at radius 1 is 1.50 bits per heavy atom. The lowest BCUT2D eigenvalue weighted by Crippen LogP contribution is -2.13. The van der Waals surface area contributed by atoms with Crippen molar-refractivity contribution in [1.29, 1.82) is 0 Å². The molecule has 0 fully saturated rings. The maximum Gasteiger partial charge on any atom is 0.297 e. The summed E-state index contributed by atoms with van der Waals surface area (Å²) < 4.78 is 4.77. The van der Waals surface area contributed by atoms with Gasteiger partial charge in [-0.2, -0.15) is 4.98 Å². The number of carbonyl (C=O) groups is 1. The molecule has 0 unspecified atom stereocenters. The maximum atomic E-state index is 11.8. The van der Waals surface area contributed by atoms with Crippen LogP contribution >= 0.6 is 0 Å². The quantitative estimate of drug-likeness (QED) is 0.838. The van der Waals surface area contributed by atoms with Crippen LogP contribution in [-0.4, -0.2) is 22.6 Å². The molecule has 0 spiro atoms. The first-order chi connectivity index (χ1) is 8.72. The lowest BCUT2D eigenvalue weighted by Gasteiger charge is -2.05. The second-order valence-electron chi connectivity index (χ2n) is 4.14. The highest BCUT2D eigenvalue weighted by atomic mass is 16.5. The van der Waals surface area contributed by atoms with E-state index in [0.717, 1.165) is 24.3 Å². The first-order valence-electron chi connectivity index (χ1n) is 5.71. The van der Waals surface area contributed by atoms with Crippen molar-refractivity contribution in [3.05, 3.63) is 35.5 Å². The van der Waals surface area contributed by atoms with E-state index in [1.807, 2.05) is 18.2 Å². The molecule has 1 aliphatic rings. The highest BCUT2D eigenvalue weighted by Gasteiger charge is 2.15. The Balaban J connectivity index is 1.78. The fraction of sp³-hybridized carbons (Fsp3) is 0.250. The van der Waals surface area contributed by atoms with Crippen molar-refractivity contribution < 1.29 is 9.32 Å². The third-order valence-corrected chi connectivity index (χ3v) is 2.80. The van der Waals surface area contributed by atoms with Gasteiger partial charge in [0.15, 0.2) is 0 Å². The second-order valence-corrected chi connectivity index (χ2v) is 4.14. The Bertz CT molecular complexity index is 606. The van der Waals surface area contributed by atoms with Crippen LogP contribution in [0.5, 0.6) is 0 Å². The molecule has 0 atom stereocenters. The lowest BCUT2D eigenvalue weighted by atomic mass is 10.1. The fourth-order valence-corrected chi connectivity index (χ4v) is 1.96. The van der Waals surface area contributed by atoms with Gasteiger partial charge in [-0.1, -0.05) is 5.16 Å². The van der Waals surface area contributed by atoms with E-state index in [2.05, 4.69) is 20.8 Å². The molecule has 2 aromatic rings. The summed E-state index contributed by atoms with van der Waals surface area (Å²) in [5.41, 5.74) is 3.07. The smallest absolute Gasteiger partial charge is 0.297 e. The number of carbonyl (C=O) groups excluding carboxylic acids is 1. The van der Waals surface area contributed by atoms with Crippen LogP contribution in [0.15, 0.2) is 22.7 Å². The summed E-state index contributed by atoms with van der Waals surface area (Å²) in [6.07, 6.45) is 0.973. The van der Waals surface area contributed by atoms with Gasteiger partial charge in [0.2, 0.25) is 5.89 Å². The zero-order chi connectivity index (χ0) is 12.5. The van der Waals surface area contributed by atoms with Crippen LogP contribution in [0.3, 0.4) is 0 Å². The van der Waals surface area contributed by atoms with E-state index in [9.17, 15) is 4.79 Å². The zero-order valence-electron chi connectivity index (χ0n) is 9.86. The second kappa shape index (κ2) is 4.14. The molecule has 2 heterocycles. The number of aryl methyl sites for hydroxylation is 1. The van der Waals surface area contributed by atoms with Crippen LogP contribution in [0.2, 0.25) is 0 Å². The summed E-state index contributed by atoms with van der Waals surface area (Å²) in [5, 5.41) is 9.59. The molecule has 0 radical (unpaired) electrons. The minimum atomic E-state index is -0.363. The predicted molar refractivity (Wildman–Crippen MR) is 65.6 cm³/mol. The number of hydrogen-bond acceptors (Lipinski definition) is 5. The Morgan fingerprint density at radius 2 is 2.39 bits per heavy atom. The number of anilines is 2. The molecule has 1 aliphatic heterocycles. The minimum Gasteiger partial charge on any atom is -0.384 e. The number of nitrogens with one attached hydrogen (secondary N) is 2. The zero-order valence-corrected chi connectivity index (χ0v) is 9.86. The minimum absolute atomic E-state index is 0.0473. The number of hydrogen-bond donors (Lipinski definition) is 2. The van der Waals surface area contributed by atoms with Gasteiger partial charge in [-0.25, -0.2) is 0 Å². The Hall–Kier alpha value is -2.37. The van der Waals surface area contributed by atoms with E-state index in [4.69, 9.17) is 4.52 Å². The first kappa shape index (κ1) is 10.8. The topological polar surface area (TPSA) is 80.0 Å². The van der Waals surface area contributed by atoms with Crippen molar-refractivity contribution in [2.75, 3.05) is 17.2 Å². The average molecular weight is 244 g/mol. The highest BCUT2D eigenvalue weighted by Crippen LogP contribution is 2.25. The number of benzene rings is 1. The Labute approximate surface area is 103 Å². The van der Waals surface area contributed by atoms with Crippen LogP contribution in [-0.2, 0) is 6.42 Å². The molecule has 1 amide bonds. The number of fused-ring (bicyclic) bond motifs is 1. The molecule has 18 heavy (non-hydrogen) atoms. The van der Waals surface area contributed by atoms with E-state index < -0.39 is 0 Å². The van der Waals surface area contributed by atoms with Crippen LogP contribution in [0.1, 0.15) is 22.1 Å². The van der Waals surface area contributed by atoms with E-state index in [1.54, 1.807) is 6.92 Å². The normalized spacial score (nSPS) is 12.9. The van der Waals surface area contributed by atoms with Crippen LogP contribution in [0, 0.1) is 6.92 Å². The Morgan fingerprint density at radius 3 is 3.17 bits per heavy atom. The first-order valence-corrected chi connectivity index (χ1v) is 5.71. The highest BCUT2D eigenvalue weighted by molar-refractivity contribution is 6.01. The van der Waals surface area contributed by atoms with Crippen LogP contribution in [0.4, 0.5) is 11.4 Å². The molecular weight excluding hydrogens is 232 g/mol. The number of amides is 1. The van der Waals surface area contributed by atoms with Crippen molar-refractivity contribution in [3.63, 3.8) is 0 Å². The molecule has 3 rings (SSSR count). The summed E-state index contributed by atoms with van der Waals surface area (Å²) in [6, 6.07) is 5.77. The van der Waals surface area contributed by atoms with Gasteiger partial charge < -0.3 is 15.2 Å². The molecule has 1 aromatic carbocycles. The monoisotopic (exact) mass is 244 g/mol.